The van der Waals surface area contributed by atoms with Gasteiger partial charge in [-0.25, -0.2) is 4.98 Å². The fourth-order valence-corrected chi connectivity index (χ4v) is 2.73. The number of nitrogens with two attached hydrogens (primary N) is 1. The summed E-state index contributed by atoms with van der Waals surface area (Å²) in [6, 6.07) is 7.80. The lowest BCUT2D eigenvalue weighted by Gasteiger charge is -2.29. The van der Waals surface area contributed by atoms with Crippen LogP contribution in [0.5, 0.6) is 0 Å². The topological polar surface area (TPSA) is 76.3 Å². The van der Waals surface area contributed by atoms with Crippen LogP contribution in [0.2, 0.25) is 0 Å². The Bertz CT molecular complexity index is 627. The van der Waals surface area contributed by atoms with Crippen molar-refractivity contribution in [2.24, 2.45) is 5.92 Å². The number of fused-ring (bicyclic) bond motifs is 1. The standard InChI is InChI=1S/C16H23N5O/c1-12(11-21-6-8-22-9-7-21)10-18-16-19-14-5-3-2-4-13(14)15(17)20-16/h2-5,12H,6-11H2,1H3,(H3,17,18,19,20). The second-order valence-electron chi connectivity index (χ2n) is 5.85. The van der Waals surface area contributed by atoms with Gasteiger partial charge in [-0.15, -0.1) is 0 Å². The first kappa shape index (κ1) is 15.0. The molecule has 1 aliphatic heterocycles. The predicted molar refractivity (Wildman–Crippen MR) is 88.9 cm³/mol. The lowest BCUT2D eigenvalue weighted by molar-refractivity contribution is 0.0325. The highest BCUT2D eigenvalue weighted by molar-refractivity contribution is 5.88. The molecule has 1 atom stereocenters. The van der Waals surface area contributed by atoms with Crippen molar-refractivity contribution in [3.8, 4) is 0 Å². The minimum Gasteiger partial charge on any atom is -0.383 e. The van der Waals surface area contributed by atoms with Gasteiger partial charge in [-0.05, 0) is 18.1 Å². The van der Waals surface area contributed by atoms with E-state index in [1.54, 1.807) is 0 Å². The summed E-state index contributed by atoms with van der Waals surface area (Å²) in [6.45, 7) is 7.82. The normalized spacial score (nSPS) is 17.5. The average Bonchev–Trinajstić information content (AvgIpc) is 2.54. The first-order valence-electron chi connectivity index (χ1n) is 7.78. The summed E-state index contributed by atoms with van der Waals surface area (Å²) in [7, 11) is 0. The molecule has 1 saturated heterocycles. The van der Waals surface area contributed by atoms with E-state index in [0.717, 1.165) is 50.3 Å². The predicted octanol–water partition coefficient (Wildman–Crippen LogP) is 1.59. The second kappa shape index (κ2) is 6.89. The third-order valence-corrected chi connectivity index (χ3v) is 3.91. The first-order valence-corrected chi connectivity index (χ1v) is 7.78. The largest absolute Gasteiger partial charge is 0.383 e. The van der Waals surface area contributed by atoms with Crippen molar-refractivity contribution in [2.45, 2.75) is 6.92 Å². The number of benzene rings is 1. The Kier molecular flexibility index (Phi) is 4.70. The van der Waals surface area contributed by atoms with E-state index in [-0.39, 0.29) is 0 Å². The van der Waals surface area contributed by atoms with Gasteiger partial charge in [0.1, 0.15) is 5.82 Å². The molecule has 1 unspecified atom stereocenters. The van der Waals surface area contributed by atoms with Crippen molar-refractivity contribution in [2.75, 3.05) is 50.4 Å². The zero-order valence-corrected chi connectivity index (χ0v) is 13.0. The van der Waals surface area contributed by atoms with Crippen LogP contribution in [0.15, 0.2) is 24.3 Å². The van der Waals surface area contributed by atoms with E-state index in [2.05, 4.69) is 27.1 Å². The summed E-state index contributed by atoms with van der Waals surface area (Å²) >= 11 is 0. The highest BCUT2D eigenvalue weighted by atomic mass is 16.5. The Morgan fingerprint density at radius 1 is 1.27 bits per heavy atom. The second-order valence-corrected chi connectivity index (χ2v) is 5.85. The maximum Gasteiger partial charge on any atom is 0.225 e. The van der Waals surface area contributed by atoms with Crippen LogP contribution in [-0.2, 0) is 4.74 Å². The van der Waals surface area contributed by atoms with Gasteiger partial charge in [-0.1, -0.05) is 19.1 Å². The molecule has 0 amide bonds. The lowest BCUT2D eigenvalue weighted by atomic mass is 10.1. The number of nitrogens with one attached hydrogen (secondary N) is 1. The van der Waals surface area contributed by atoms with E-state index in [4.69, 9.17) is 10.5 Å². The Morgan fingerprint density at radius 2 is 2.05 bits per heavy atom. The molecule has 6 nitrogen and oxygen atoms in total. The molecule has 1 fully saturated rings. The van der Waals surface area contributed by atoms with Gasteiger partial charge in [0.15, 0.2) is 0 Å². The molecule has 22 heavy (non-hydrogen) atoms. The molecular weight excluding hydrogens is 278 g/mol. The van der Waals surface area contributed by atoms with E-state index in [1.165, 1.54) is 0 Å². The van der Waals surface area contributed by atoms with Gasteiger partial charge in [0.25, 0.3) is 0 Å². The van der Waals surface area contributed by atoms with Crippen molar-refractivity contribution in [3.05, 3.63) is 24.3 Å². The molecule has 0 radical (unpaired) electrons. The third kappa shape index (κ3) is 3.64. The number of ether oxygens (including phenoxy) is 1. The number of anilines is 2. The molecule has 0 bridgehead atoms. The number of para-hydroxylation sites is 1. The summed E-state index contributed by atoms with van der Waals surface area (Å²) in [5.41, 5.74) is 6.87. The van der Waals surface area contributed by atoms with Gasteiger partial charge in [-0.3, -0.25) is 4.90 Å². The van der Waals surface area contributed by atoms with Crippen LogP contribution in [0.4, 0.5) is 11.8 Å². The molecular formula is C16H23N5O. The Hall–Kier alpha value is -1.92. The monoisotopic (exact) mass is 301 g/mol. The number of nitrogen functional groups attached to an aromatic ring is 1. The molecule has 0 aliphatic carbocycles. The van der Waals surface area contributed by atoms with Gasteiger partial charge in [0, 0.05) is 31.6 Å². The van der Waals surface area contributed by atoms with Crippen LogP contribution < -0.4 is 11.1 Å². The van der Waals surface area contributed by atoms with Crippen LogP contribution in [-0.4, -0.2) is 54.3 Å². The van der Waals surface area contributed by atoms with E-state index in [1.807, 2.05) is 24.3 Å². The van der Waals surface area contributed by atoms with Crippen molar-refractivity contribution in [3.63, 3.8) is 0 Å². The van der Waals surface area contributed by atoms with E-state index in [9.17, 15) is 0 Å². The molecule has 1 aromatic carbocycles. The Balaban J connectivity index is 1.58. The maximum absolute atomic E-state index is 6.00. The fraction of sp³-hybridized carbons (Fsp3) is 0.500. The van der Waals surface area contributed by atoms with Crippen LogP contribution >= 0.6 is 0 Å². The molecule has 1 aromatic heterocycles. The zero-order valence-electron chi connectivity index (χ0n) is 13.0. The summed E-state index contributed by atoms with van der Waals surface area (Å²) in [4.78, 5) is 11.3. The highest BCUT2D eigenvalue weighted by Gasteiger charge is 2.14. The number of hydrogen-bond donors (Lipinski definition) is 2. The smallest absolute Gasteiger partial charge is 0.225 e. The number of aromatic nitrogens is 2. The molecule has 2 aromatic rings. The quantitative estimate of drug-likeness (QED) is 0.873. The molecule has 0 spiro atoms. The van der Waals surface area contributed by atoms with Crippen molar-refractivity contribution >= 4 is 22.7 Å². The highest BCUT2D eigenvalue weighted by Crippen LogP contribution is 2.19. The molecule has 3 N–H and O–H groups in total. The number of hydrogen-bond acceptors (Lipinski definition) is 6. The van der Waals surface area contributed by atoms with Crippen LogP contribution in [0, 0.1) is 5.92 Å². The minimum absolute atomic E-state index is 0.509. The summed E-state index contributed by atoms with van der Waals surface area (Å²) in [5, 5.41) is 4.20. The van der Waals surface area contributed by atoms with Crippen molar-refractivity contribution < 1.29 is 4.74 Å². The average molecular weight is 301 g/mol. The van der Waals surface area contributed by atoms with Gasteiger partial charge >= 0.3 is 0 Å². The van der Waals surface area contributed by atoms with Crippen molar-refractivity contribution in [1.29, 1.82) is 0 Å². The van der Waals surface area contributed by atoms with Crippen LogP contribution in [0.25, 0.3) is 10.9 Å². The molecule has 118 valence electrons. The number of rotatable bonds is 5. The van der Waals surface area contributed by atoms with Gasteiger partial charge in [-0.2, -0.15) is 4.98 Å². The molecule has 3 rings (SSSR count). The summed E-state index contributed by atoms with van der Waals surface area (Å²) in [6.07, 6.45) is 0. The molecule has 6 heteroatoms. The Morgan fingerprint density at radius 3 is 2.86 bits per heavy atom. The minimum atomic E-state index is 0.509. The van der Waals surface area contributed by atoms with Gasteiger partial charge in [0.05, 0.1) is 18.7 Å². The van der Waals surface area contributed by atoms with Gasteiger partial charge < -0.3 is 15.8 Å². The van der Waals surface area contributed by atoms with Crippen LogP contribution in [0.3, 0.4) is 0 Å². The van der Waals surface area contributed by atoms with E-state index < -0.39 is 0 Å². The first-order chi connectivity index (χ1) is 10.7. The van der Waals surface area contributed by atoms with Crippen LogP contribution in [0.1, 0.15) is 6.92 Å². The number of morpholine rings is 1. The summed E-state index contributed by atoms with van der Waals surface area (Å²) in [5.74, 6) is 1.63. The van der Waals surface area contributed by atoms with Gasteiger partial charge in [0.2, 0.25) is 5.95 Å². The fourth-order valence-electron chi connectivity index (χ4n) is 2.73. The maximum atomic E-state index is 6.00. The van der Waals surface area contributed by atoms with E-state index in [0.29, 0.717) is 17.7 Å². The molecule has 2 heterocycles. The lowest BCUT2D eigenvalue weighted by Crippen LogP contribution is -2.40. The third-order valence-electron chi connectivity index (χ3n) is 3.91. The zero-order chi connectivity index (χ0) is 15.4. The molecule has 1 aliphatic rings. The van der Waals surface area contributed by atoms with Crippen molar-refractivity contribution in [1.82, 2.24) is 14.9 Å². The Labute approximate surface area is 130 Å². The molecule has 0 saturated carbocycles. The van der Waals surface area contributed by atoms with E-state index >= 15 is 0 Å². The SMILES string of the molecule is CC(CNc1nc(N)c2ccccc2n1)CN1CCOCC1. The summed E-state index contributed by atoms with van der Waals surface area (Å²) < 4.78 is 5.37. The number of nitrogens with zero attached hydrogens (tertiary/aromatic N) is 3.